The first-order valence-electron chi connectivity index (χ1n) is 6.63. The number of rotatable bonds is 2. The van der Waals surface area contributed by atoms with Gasteiger partial charge in [0.2, 0.25) is 5.88 Å². The van der Waals surface area contributed by atoms with Crippen LogP contribution in [0, 0.1) is 5.41 Å². The number of alkyl halides is 3. The number of halogens is 3. The molecule has 3 rings (SSSR count). The van der Waals surface area contributed by atoms with Crippen LogP contribution >= 0.6 is 0 Å². The zero-order valence-corrected chi connectivity index (χ0v) is 11.7. The van der Waals surface area contributed by atoms with Crippen LogP contribution in [0.15, 0.2) is 28.8 Å². The lowest BCUT2D eigenvalue weighted by molar-refractivity contribution is -0.137. The topological polar surface area (TPSA) is 52.0 Å². The van der Waals surface area contributed by atoms with E-state index in [0.29, 0.717) is 16.8 Å². The highest BCUT2D eigenvalue weighted by atomic mass is 19.4. The summed E-state index contributed by atoms with van der Waals surface area (Å²) in [6.07, 6.45) is -3.47. The summed E-state index contributed by atoms with van der Waals surface area (Å²) >= 11 is 0. The van der Waals surface area contributed by atoms with Crippen LogP contribution in [0.3, 0.4) is 0 Å². The molecule has 0 radical (unpaired) electrons. The molecule has 1 aromatic heterocycles. The summed E-state index contributed by atoms with van der Waals surface area (Å²) in [7, 11) is 0. The second-order valence-electron chi connectivity index (χ2n) is 6.13. The van der Waals surface area contributed by atoms with E-state index in [0.717, 1.165) is 18.6 Å². The van der Waals surface area contributed by atoms with E-state index >= 15 is 0 Å². The van der Waals surface area contributed by atoms with E-state index in [-0.39, 0.29) is 17.2 Å². The van der Waals surface area contributed by atoms with Crippen LogP contribution in [0.2, 0.25) is 0 Å². The van der Waals surface area contributed by atoms with Gasteiger partial charge in [0, 0.05) is 5.92 Å². The highest BCUT2D eigenvalue weighted by molar-refractivity contribution is 5.76. The minimum Gasteiger partial charge on any atom is -0.367 e. The molecule has 1 aliphatic rings. The number of benzene rings is 1. The summed E-state index contributed by atoms with van der Waals surface area (Å²) in [6.45, 7) is 4.16. The van der Waals surface area contributed by atoms with Gasteiger partial charge in [-0.15, -0.1) is 0 Å². The van der Waals surface area contributed by atoms with Crippen molar-refractivity contribution in [3.05, 3.63) is 35.5 Å². The minimum atomic E-state index is -4.39. The minimum absolute atomic E-state index is 0.0621. The maximum Gasteiger partial charge on any atom is 0.416 e. The van der Waals surface area contributed by atoms with Crippen molar-refractivity contribution in [3.8, 4) is 11.1 Å². The third-order valence-electron chi connectivity index (χ3n) is 4.07. The molecule has 1 saturated carbocycles. The molecular weight excluding hydrogens is 281 g/mol. The van der Waals surface area contributed by atoms with Gasteiger partial charge in [-0.2, -0.15) is 13.2 Å². The number of anilines is 1. The van der Waals surface area contributed by atoms with Crippen molar-refractivity contribution in [2.24, 2.45) is 5.41 Å². The summed E-state index contributed by atoms with van der Waals surface area (Å²) in [5, 5.41) is 3.96. The molecule has 1 heterocycles. The van der Waals surface area contributed by atoms with E-state index in [2.05, 4.69) is 19.0 Å². The van der Waals surface area contributed by atoms with E-state index < -0.39 is 11.7 Å². The van der Waals surface area contributed by atoms with Crippen molar-refractivity contribution in [3.63, 3.8) is 0 Å². The quantitative estimate of drug-likeness (QED) is 0.890. The Morgan fingerprint density at radius 1 is 1.33 bits per heavy atom. The van der Waals surface area contributed by atoms with Gasteiger partial charge in [0.25, 0.3) is 0 Å². The van der Waals surface area contributed by atoms with Gasteiger partial charge in [-0.3, -0.25) is 0 Å². The lowest BCUT2D eigenvalue weighted by Gasteiger charge is -2.09. The molecule has 0 aliphatic heterocycles. The molecule has 0 bridgehead atoms. The van der Waals surface area contributed by atoms with Gasteiger partial charge in [-0.25, -0.2) is 0 Å². The average molecular weight is 296 g/mol. The predicted octanol–water partition coefficient (Wildman–Crippen LogP) is 4.46. The molecular formula is C15H15F3N2O. The molecule has 2 N–H and O–H groups in total. The molecule has 2 aromatic rings. The first-order valence-corrected chi connectivity index (χ1v) is 6.63. The van der Waals surface area contributed by atoms with Crippen LogP contribution < -0.4 is 5.73 Å². The van der Waals surface area contributed by atoms with Crippen molar-refractivity contribution in [1.29, 1.82) is 0 Å². The predicted molar refractivity (Wildman–Crippen MR) is 72.5 cm³/mol. The zero-order valence-electron chi connectivity index (χ0n) is 11.7. The van der Waals surface area contributed by atoms with Crippen LogP contribution in [-0.4, -0.2) is 5.16 Å². The second-order valence-corrected chi connectivity index (χ2v) is 6.13. The molecule has 1 unspecified atom stereocenters. The van der Waals surface area contributed by atoms with Gasteiger partial charge in [0.15, 0.2) is 0 Å². The Bertz CT molecular complexity index is 688. The van der Waals surface area contributed by atoms with E-state index in [9.17, 15) is 13.2 Å². The second kappa shape index (κ2) is 4.26. The standard InChI is InChI=1S/C15H15F3N2O/c1-14(2)7-10(14)12-11(13(19)21-20-12)8-4-3-5-9(6-8)15(16,17)18/h3-6,10H,7,19H2,1-2H3. The van der Waals surface area contributed by atoms with Gasteiger partial charge >= 0.3 is 6.18 Å². The van der Waals surface area contributed by atoms with Gasteiger partial charge in [0.1, 0.15) is 0 Å². The van der Waals surface area contributed by atoms with Gasteiger partial charge in [0.05, 0.1) is 16.8 Å². The van der Waals surface area contributed by atoms with Crippen LogP contribution in [0.5, 0.6) is 0 Å². The van der Waals surface area contributed by atoms with E-state index in [1.165, 1.54) is 6.07 Å². The molecule has 6 heteroatoms. The molecule has 1 aromatic carbocycles. The summed E-state index contributed by atoms with van der Waals surface area (Å²) in [5.74, 6) is 0.232. The van der Waals surface area contributed by atoms with Crippen LogP contribution in [-0.2, 0) is 6.18 Å². The SMILES string of the molecule is CC1(C)CC1c1noc(N)c1-c1cccc(C(F)(F)F)c1. The number of nitrogen functional groups attached to an aromatic ring is 1. The lowest BCUT2D eigenvalue weighted by atomic mass is 9.98. The normalized spacial score (nSPS) is 20.5. The van der Waals surface area contributed by atoms with Crippen molar-refractivity contribution in [2.75, 3.05) is 5.73 Å². The Morgan fingerprint density at radius 2 is 2.00 bits per heavy atom. The monoisotopic (exact) mass is 296 g/mol. The third kappa shape index (κ3) is 2.39. The van der Waals surface area contributed by atoms with Gasteiger partial charge in [-0.1, -0.05) is 31.1 Å². The molecule has 0 saturated heterocycles. The van der Waals surface area contributed by atoms with E-state index in [1.807, 2.05) is 0 Å². The summed E-state index contributed by atoms with van der Waals surface area (Å²) < 4.78 is 43.5. The zero-order chi connectivity index (χ0) is 15.4. The third-order valence-corrected chi connectivity index (χ3v) is 4.07. The first kappa shape index (κ1) is 14.0. The van der Waals surface area contributed by atoms with Crippen LogP contribution in [0.25, 0.3) is 11.1 Å². The average Bonchev–Trinajstić information content (AvgIpc) is 2.85. The molecule has 1 aliphatic carbocycles. The Labute approximate surface area is 119 Å². The maximum absolute atomic E-state index is 12.8. The molecule has 3 nitrogen and oxygen atoms in total. The fourth-order valence-electron chi connectivity index (χ4n) is 2.63. The van der Waals surface area contributed by atoms with Crippen molar-refractivity contribution in [2.45, 2.75) is 32.4 Å². The molecule has 21 heavy (non-hydrogen) atoms. The Hall–Kier alpha value is -1.98. The van der Waals surface area contributed by atoms with Gasteiger partial charge < -0.3 is 10.3 Å². The van der Waals surface area contributed by atoms with Crippen molar-refractivity contribution >= 4 is 5.88 Å². The number of hydrogen-bond acceptors (Lipinski definition) is 3. The smallest absolute Gasteiger partial charge is 0.367 e. The summed E-state index contributed by atoms with van der Waals surface area (Å²) in [6, 6.07) is 5.08. The Morgan fingerprint density at radius 3 is 2.57 bits per heavy atom. The maximum atomic E-state index is 12.8. The molecule has 1 fully saturated rings. The molecule has 112 valence electrons. The van der Waals surface area contributed by atoms with Crippen LogP contribution in [0.4, 0.5) is 19.1 Å². The molecule has 0 spiro atoms. The highest BCUT2D eigenvalue weighted by Gasteiger charge is 2.50. The molecule has 1 atom stereocenters. The molecule has 0 amide bonds. The summed E-state index contributed by atoms with van der Waals surface area (Å²) in [4.78, 5) is 0. The van der Waals surface area contributed by atoms with E-state index in [1.54, 1.807) is 6.07 Å². The lowest BCUT2D eigenvalue weighted by Crippen LogP contribution is -2.04. The van der Waals surface area contributed by atoms with Crippen molar-refractivity contribution in [1.82, 2.24) is 5.16 Å². The van der Waals surface area contributed by atoms with Crippen LogP contribution in [0.1, 0.15) is 37.4 Å². The van der Waals surface area contributed by atoms with Gasteiger partial charge in [-0.05, 0) is 29.5 Å². The van der Waals surface area contributed by atoms with E-state index in [4.69, 9.17) is 10.3 Å². The number of aromatic nitrogens is 1. The highest BCUT2D eigenvalue weighted by Crippen LogP contribution is 2.60. The summed E-state index contributed by atoms with van der Waals surface area (Å²) in [5.41, 5.74) is 6.68. The largest absolute Gasteiger partial charge is 0.416 e. The van der Waals surface area contributed by atoms with Crippen molar-refractivity contribution < 1.29 is 17.7 Å². The number of hydrogen-bond donors (Lipinski definition) is 1. The number of nitrogens with zero attached hydrogens (tertiary/aromatic N) is 1. The fourth-order valence-corrected chi connectivity index (χ4v) is 2.63. The Balaban J connectivity index is 2.08. The Kier molecular flexibility index (Phi) is 2.83. The first-order chi connectivity index (χ1) is 9.70. The fraction of sp³-hybridized carbons (Fsp3) is 0.400. The number of nitrogens with two attached hydrogens (primary N) is 1.